The smallest absolute Gasteiger partial charge is 0.318 e. The van der Waals surface area contributed by atoms with E-state index in [-0.39, 0.29) is 18.0 Å². The molecule has 0 bridgehead atoms. The minimum absolute atomic E-state index is 0.145. The van der Waals surface area contributed by atoms with Gasteiger partial charge in [0.1, 0.15) is 11.8 Å². The Hall–Kier alpha value is -4.36. The van der Waals surface area contributed by atoms with Gasteiger partial charge in [-0.05, 0) is 48.2 Å². The SMILES string of the molecule is COc1cccc(CN2CCN(C(=O)NC3CCCCC3)[C@@H](C(=O)NCCc3cncn3Cc3ccc(C#N)cc3)C2)c1. The van der Waals surface area contributed by atoms with Crippen LogP contribution in [0, 0.1) is 11.3 Å². The van der Waals surface area contributed by atoms with E-state index in [1.807, 2.05) is 53.2 Å². The molecule has 2 aromatic carbocycles. The summed E-state index contributed by atoms with van der Waals surface area (Å²) in [6.45, 7) is 3.37. The number of benzene rings is 2. The Morgan fingerprint density at radius 2 is 1.86 bits per heavy atom. The molecule has 1 aliphatic heterocycles. The van der Waals surface area contributed by atoms with Gasteiger partial charge in [0.05, 0.1) is 25.1 Å². The first-order valence-electron chi connectivity index (χ1n) is 15.2. The molecule has 2 N–H and O–H groups in total. The van der Waals surface area contributed by atoms with E-state index >= 15 is 0 Å². The van der Waals surface area contributed by atoms with Crippen LogP contribution in [0.1, 0.15) is 54.5 Å². The Morgan fingerprint density at radius 3 is 2.63 bits per heavy atom. The molecule has 1 saturated carbocycles. The Bertz CT molecular complexity index is 1410. The van der Waals surface area contributed by atoms with Crippen molar-refractivity contribution in [2.75, 3.05) is 33.3 Å². The number of hydrogen-bond donors (Lipinski definition) is 2. The maximum Gasteiger partial charge on any atom is 0.318 e. The highest BCUT2D eigenvalue weighted by atomic mass is 16.5. The molecular weight excluding hydrogens is 542 g/mol. The summed E-state index contributed by atoms with van der Waals surface area (Å²) in [6.07, 6.45) is 9.67. The van der Waals surface area contributed by atoms with Crippen LogP contribution in [0.15, 0.2) is 61.1 Å². The van der Waals surface area contributed by atoms with Gasteiger partial charge in [0, 0.05) is 63.6 Å². The molecule has 43 heavy (non-hydrogen) atoms. The fraction of sp³-hybridized carbons (Fsp3) is 0.455. The summed E-state index contributed by atoms with van der Waals surface area (Å²) in [5.74, 6) is 0.656. The molecule has 2 heterocycles. The molecule has 0 unspecified atom stereocenters. The molecule has 1 aromatic heterocycles. The van der Waals surface area contributed by atoms with Crippen molar-refractivity contribution in [3.63, 3.8) is 0 Å². The highest BCUT2D eigenvalue weighted by Gasteiger charge is 2.36. The van der Waals surface area contributed by atoms with Gasteiger partial charge in [-0.3, -0.25) is 9.69 Å². The number of imidazole rings is 1. The lowest BCUT2D eigenvalue weighted by molar-refractivity contribution is -0.127. The summed E-state index contributed by atoms with van der Waals surface area (Å²) < 4.78 is 7.44. The average molecular weight is 584 g/mol. The molecule has 1 saturated heterocycles. The third-order valence-electron chi connectivity index (χ3n) is 8.42. The molecule has 0 spiro atoms. The van der Waals surface area contributed by atoms with Gasteiger partial charge in [-0.1, -0.05) is 43.5 Å². The first-order chi connectivity index (χ1) is 21.0. The molecule has 1 aliphatic carbocycles. The summed E-state index contributed by atoms with van der Waals surface area (Å²) in [5.41, 5.74) is 3.80. The van der Waals surface area contributed by atoms with Crippen molar-refractivity contribution in [1.82, 2.24) is 30.0 Å². The number of hydrogen-bond acceptors (Lipinski definition) is 6. The van der Waals surface area contributed by atoms with Gasteiger partial charge >= 0.3 is 6.03 Å². The third-order valence-corrected chi connectivity index (χ3v) is 8.42. The fourth-order valence-corrected chi connectivity index (χ4v) is 6.00. The largest absolute Gasteiger partial charge is 0.497 e. The molecule has 5 rings (SSSR count). The van der Waals surface area contributed by atoms with Crippen LogP contribution in [0.25, 0.3) is 0 Å². The minimum atomic E-state index is -0.591. The maximum absolute atomic E-state index is 13.6. The summed E-state index contributed by atoms with van der Waals surface area (Å²) in [5, 5.41) is 15.4. The van der Waals surface area contributed by atoms with E-state index < -0.39 is 6.04 Å². The highest BCUT2D eigenvalue weighted by Crippen LogP contribution is 2.20. The second kappa shape index (κ2) is 14.7. The van der Waals surface area contributed by atoms with E-state index in [1.165, 1.54) is 6.42 Å². The molecule has 0 radical (unpaired) electrons. The summed E-state index contributed by atoms with van der Waals surface area (Å²) in [7, 11) is 1.66. The molecular formula is C33H41N7O3. The van der Waals surface area contributed by atoms with Crippen LogP contribution in [-0.4, -0.2) is 76.7 Å². The van der Waals surface area contributed by atoms with E-state index in [4.69, 9.17) is 10.00 Å². The lowest BCUT2D eigenvalue weighted by Gasteiger charge is -2.41. The van der Waals surface area contributed by atoms with Crippen LogP contribution in [0.5, 0.6) is 5.75 Å². The molecule has 226 valence electrons. The van der Waals surface area contributed by atoms with E-state index in [0.29, 0.717) is 51.3 Å². The number of carbonyl (C=O) groups excluding carboxylic acids is 2. The number of nitrogens with zero attached hydrogens (tertiary/aromatic N) is 5. The number of rotatable bonds is 10. The summed E-state index contributed by atoms with van der Waals surface area (Å²) >= 11 is 0. The standard InChI is InChI=1S/C33H41N7O3/c1-43-30-9-5-6-27(18-30)21-38-16-17-40(33(42)37-28-7-3-2-4-8-28)31(23-38)32(41)36-15-14-29-20-35-24-39(29)22-26-12-10-25(19-34)11-13-26/h5-6,9-13,18,20,24,28,31H,2-4,7-8,14-17,21-23H2,1H3,(H,36,41)(H,37,42)/t31-/m1/s1. The van der Waals surface area contributed by atoms with Crippen molar-refractivity contribution >= 4 is 11.9 Å². The number of urea groups is 1. The van der Waals surface area contributed by atoms with Crippen molar-refractivity contribution in [3.8, 4) is 11.8 Å². The van der Waals surface area contributed by atoms with Gasteiger partial charge in [-0.2, -0.15) is 5.26 Å². The van der Waals surface area contributed by atoms with Gasteiger partial charge < -0.3 is 24.8 Å². The van der Waals surface area contributed by atoms with Crippen LogP contribution in [-0.2, 0) is 24.3 Å². The van der Waals surface area contributed by atoms with Crippen molar-refractivity contribution < 1.29 is 14.3 Å². The lowest BCUT2D eigenvalue weighted by atomic mass is 9.95. The zero-order chi connectivity index (χ0) is 30.0. The number of nitriles is 1. The number of amides is 3. The van der Waals surface area contributed by atoms with Crippen molar-refractivity contribution in [2.24, 2.45) is 0 Å². The third kappa shape index (κ3) is 8.14. The van der Waals surface area contributed by atoms with E-state index in [2.05, 4.69) is 32.7 Å². The van der Waals surface area contributed by atoms with E-state index in [0.717, 1.165) is 48.3 Å². The van der Waals surface area contributed by atoms with E-state index in [1.54, 1.807) is 18.3 Å². The fourth-order valence-electron chi connectivity index (χ4n) is 6.00. The summed E-state index contributed by atoms with van der Waals surface area (Å²) in [6, 6.07) is 17.0. The first-order valence-corrected chi connectivity index (χ1v) is 15.2. The van der Waals surface area contributed by atoms with Crippen molar-refractivity contribution in [1.29, 1.82) is 5.26 Å². The Labute approximate surface area is 253 Å². The lowest BCUT2D eigenvalue weighted by Crippen LogP contribution is -2.63. The van der Waals surface area contributed by atoms with Crippen molar-refractivity contribution in [3.05, 3.63) is 83.4 Å². The van der Waals surface area contributed by atoms with Crippen molar-refractivity contribution in [2.45, 2.75) is 63.7 Å². The van der Waals surface area contributed by atoms with Crippen LogP contribution in [0.3, 0.4) is 0 Å². The normalized spacial score (nSPS) is 17.7. The van der Waals surface area contributed by atoms with Crippen LogP contribution < -0.4 is 15.4 Å². The molecule has 10 nitrogen and oxygen atoms in total. The topological polar surface area (TPSA) is 116 Å². The van der Waals surface area contributed by atoms with Gasteiger partial charge in [-0.15, -0.1) is 0 Å². The number of ether oxygens (including phenoxy) is 1. The van der Waals surface area contributed by atoms with Gasteiger partial charge in [-0.25, -0.2) is 9.78 Å². The second-order valence-corrected chi connectivity index (χ2v) is 11.4. The number of carbonyl (C=O) groups is 2. The minimum Gasteiger partial charge on any atom is -0.497 e. The molecule has 2 fully saturated rings. The van der Waals surface area contributed by atoms with E-state index in [9.17, 15) is 9.59 Å². The van der Waals surface area contributed by atoms with Gasteiger partial charge in [0.25, 0.3) is 0 Å². The Morgan fingerprint density at radius 1 is 1.05 bits per heavy atom. The van der Waals surface area contributed by atoms with Crippen LogP contribution in [0.4, 0.5) is 4.79 Å². The first kappa shape index (κ1) is 30.1. The Balaban J connectivity index is 1.21. The van der Waals surface area contributed by atoms with Gasteiger partial charge in [0.15, 0.2) is 0 Å². The number of aromatic nitrogens is 2. The monoisotopic (exact) mass is 583 g/mol. The molecule has 3 aromatic rings. The van der Waals surface area contributed by atoms with Crippen LogP contribution in [0.2, 0.25) is 0 Å². The molecule has 10 heteroatoms. The number of methoxy groups -OCH3 is 1. The zero-order valence-electron chi connectivity index (χ0n) is 24.9. The second-order valence-electron chi connectivity index (χ2n) is 11.4. The quantitative estimate of drug-likeness (QED) is 0.376. The zero-order valence-corrected chi connectivity index (χ0v) is 24.9. The van der Waals surface area contributed by atoms with Crippen LogP contribution >= 0.6 is 0 Å². The summed E-state index contributed by atoms with van der Waals surface area (Å²) in [4.78, 5) is 35.3. The molecule has 2 aliphatic rings. The average Bonchev–Trinajstić information content (AvgIpc) is 3.48. The highest BCUT2D eigenvalue weighted by molar-refractivity contribution is 5.87. The predicted octanol–water partition coefficient (Wildman–Crippen LogP) is 3.70. The van der Waals surface area contributed by atoms with Gasteiger partial charge in [0.2, 0.25) is 5.91 Å². The maximum atomic E-state index is 13.6. The predicted molar refractivity (Wildman–Crippen MR) is 163 cm³/mol. The Kier molecular flexibility index (Phi) is 10.3. The number of piperazine rings is 1. The molecule has 3 amide bonds. The number of nitrogens with one attached hydrogen (secondary N) is 2. The molecule has 1 atom stereocenters.